The highest BCUT2D eigenvalue weighted by molar-refractivity contribution is 6.31. The van der Waals surface area contributed by atoms with Crippen LogP contribution in [0, 0.1) is 16.0 Å². The SMILES string of the molecule is CC(CNc1ncnc(Cl)c1[N+](=O)[O-])CN1CCCC1. The summed E-state index contributed by atoms with van der Waals surface area (Å²) in [5.41, 5.74) is -0.262. The summed E-state index contributed by atoms with van der Waals surface area (Å²) in [4.78, 5) is 20.3. The Kier molecular flexibility index (Phi) is 5.08. The van der Waals surface area contributed by atoms with E-state index in [1.54, 1.807) is 0 Å². The first-order valence-electron chi connectivity index (χ1n) is 6.69. The molecule has 2 heterocycles. The summed E-state index contributed by atoms with van der Waals surface area (Å²) in [6, 6.07) is 0. The van der Waals surface area contributed by atoms with Crippen molar-refractivity contribution in [3.8, 4) is 0 Å². The number of nitrogens with zero attached hydrogens (tertiary/aromatic N) is 4. The van der Waals surface area contributed by atoms with Crippen molar-refractivity contribution in [2.24, 2.45) is 5.92 Å². The second-order valence-electron chi connectivity index (χ2n) is 5.11. The van der Waals surface area contributed by atoms with Crippen molar-refractivity contribution in [3.63, 3.8) is 0 Å². The molecule has 0 saturated carbocycles. The number of rotatable bonds is 6. The van der Waals surface area contributed by atoms with E-state index in [0.717, 1.165) is 19.6 Å². The van der Waals surface area contributed by atoms with Crippen LogP contribution in [0.3, 0.4) is 0 Å². The second-order valence-corrected chi connectivity index (χ2v) is 5.47. The van der Waals surface area contributed by atoms with Crippen LogP contribution in [0.1, 0.15) is 19.8 Å². The average Bonchev–Trinajstić information content (AvgIpc) is 2.88. The summed E-state index contributed by atoms with van der Waals surface area (Å²) in [7, 11) is 0. The van der Waals surface area contributed by atoms with Gasteiger partial charge >= 0.3 is 5.69 Å². The summed E-state index contributed by atoms with van der Waals surface area (Å²) in [6.07, 6.45) is 3.74. The first-order chi connectivity index (χ1) is 9.58. The van der Waals surface area contributed by atoms with Gasteiger partial charge in [-0.1, -0.05) is 18.5 Å². The molecule has 110 valence electrons. The predicted octanol–water partition coefficient (Wildman–Crippen LogP) is 2.18. The van der Waals surface area contributed by atoms with Gasteiger partial charge in [0.05, 0.1) is 4.92 Å². The molecule has 1 aliphatic heterocycles. The van der Waals surface area contributed by atoms with Crippen molar-refractivity contribution in [2.45, 2.75) is 19.8 Å². The number of aromatic nitrogens is 2. The molecule has 8 heteroatoms. The van der Waals surface area contributed by atoms with Gasteiger partial charge in [-0.15, -0.1) is 0 Å². The first-order valence-corrected chi connectivity index (χ1v) is 7.07. The number of likely N-dealkylation sites (tertiary alicyclic amines) is 1. The minimum atomic E-state index is -0.560. The van der Waals surface area contributed by atoms with E-state index in [1.807, 2.05) is 0 Å². The van der Waals surface area contributed by atoms with Crippen molar-refractivity contribution < 1.29 is 4.92 Å². The second kappa shape index (κ2) is 6.81. The van der Waals surface area contributed by atoms with Crippen LogP contribution in [0.25, 0.3) is 0 Å². The molecule has 7 nitrogen and oxygen atoms in total. The van der Waals surface area contributed by atoms with Gasteiger partial charge in [0.2, 0.25) is 11.0 Å². The molecular formula is C12H18ClN5O2. The van der Waals surface area contributed by atoms with Crippen LogP contribution in [0.5, 0.6) is 0 Å². The minimum absolute atomic E-state index is 0.139. The number of hydrogen-bond donors (Lipinski definition) is 1. The van der Waals surface area contributed by atoms with Gasteiger partial charge in [0, 0.05) is 13.1 Å². The zero-order valence-corrected chi connectivity index (χ0v) is 12.1. The molecule has 1 aromatic rings. The third-order valence-corrected chi connectivity index (χ3v) is 3.62. The molecular weight excluding hydrogens is 282 g/mol. The Labute approximate surface area is 122 Å². The molecule has 1 atom stereocenters. The molecule has 0 amide bonds. The van der Waals surface area contributed by atoms with Gasteiger partial charge in [0.25, 0.3) is 0 Å². The molecule has 1 aromatic heterocycles. The largest absolute Gasteiger partial charge is 0.364 e. The molecule has 1 fully saturated rings. The molecule has 0 spiro atoms. The van der Waals surface area contributed by atoms with E-state index in [1.165, 1.54) is 19.2 Å². The Morgan fingerprint density at radius 1 is 1.50 bits per heavy atom. The summed E-state index contributed by atoms with van der Waals surface area (Å²) >= 11 is 5.74. The van der Waals surface area contributed by atoms with Crippen molar-refractivity contribution in [1.82, 2.24) is 14.9 Å². The molecule has 0 bridgehead atoms. The molecule has 1 unspecified atom stereocenters. The molecule has 20 heavy (non-hydrogen) atoms. The number of hydrogen-bond acceptors (Lipinski definition) is 6. The van der Waals surface area contributed by atoms with Gasteiger partial charge in [0.1, 0.15) is 6.33 Å². The highest BCUT2D eigenvalue weighted by Crippen LogP contribution is 2.28. The number of halogens is 1. The Morgan fingerprint density at radius 3 is 2.85 bits per heavy atom. The maximum Gasteiger partial charge on any atom is 0.348 e. The Morgan fingerprint density at radius 2 is 2.20 bits per heavy atom. The van der Waals surface area contributed by atoms with Crippen LogP contribution >= 0.6 is 11.6 Å². The number of nitro groups is 1. The minimum Gasteiger partial charge on any atom is -0.364 e. The summed E-state index contributed by atoms with van der Waals surface area (Å²) in [6.45, 7) is 6.00. The maximum absolute atomic E-state index is 11.0. The van der Waals surface area contributed by atoms with Crippen LogP contribution in [0.2, 0.25) is 5.15 Å². The van der Waals surface area contributed by atoms with Crippen molar-refractivity contribution in [1.29, 1.82) is 0 Å². The molecule has 1 N–H and O–H groups in total. The fourth-order valence-electron chi connectivity index (χ4n) is 2.39. The summed E-state index contributed by atoms with van der Waals surface area (Å²) in [5.74, 6) is 0.560. The lowest BCUT2D eigenvalue weighted by molar-refractivity contribution is -0.384. The van der Waals surface area contributed by atoms with E-state index in [9.17, 15) is 10.1 Å². The van der Waals surface area contributed by atoms with Gasteiger partial charge in [0.15, 0.2) is 0 Å². The molecule has 0 aromatic carbocycles. The van der Waals surface area contributed by atoms with Crippen molar-refractivity contribution >= 4 is 23.1 Å². The molecule has 1 saturated heterocycles. The Hall–Kier alpha value is -1.47. The van der Waals surface area contributed by atoms with E-state index in [2.05, 4.69) is 27.1 Å². The van der Waals surface area contributed by atoms with Crippen LogP contribution in [-0.4, -0.2) is 46.0 Å². The Balaban J connectivity index is 1.93. The highest BCUT2D eigenvalue weighted by Gasteiger charge is 2.22. The molecule has 1 aliphatic rings. The maximum atomic E-state index is 11.0. The fourth-order valence-corrected chi connectivity index (χ4v) is 2.59. The van der Waals surface area contributed by atoms with E-state index < -0.39 is 4.92 Å². The van der Waals surface area contributed by atoms with Crippen LogP contribution in [0.15, 0.2) is 6.33 Å². The van der Waals surface area contributed by atoms with Crippen molar-refractivity contribution in [3.05, 3.63) is 21.6 Å². The monoisotopic (exact) mass is 299 g/mol. The lowest BCUT2D eigenvalue weighted by Gasteiger charge is -2.20. The lowest BCUT2D eigenvalue weighted by Crippen LogP contribution is -2.29. The smallest absolute Gasteiger partial charge is 0.348 e. The summed E-state index contributed by atoms with van der Waals surface area (Å²) < 4.78 is 0. The first kappa shape index (κ1) is 14.9. The van der Waals surface area contributed by atoms with Gasteiger partial charge in [-0.3, -0.25) is 10.1 Å². The quantitative estimate of drug-likeness (QED) is 0.492. The van der Waals surface area contributed by atoms with Crippen LogP contribution in [-0.2, 0) is 0 Å². The third-order valence-electron chi connectivity index (χ3n) is 3.35. The van der Waals surface area contributed by atoms with Crippen LogP contribution in [0.4, 0.5) is 11.5 Å². The van der Waals surface area contributed by atoms with E-state index in [-0.39, 0.29) is 16.7 Å². The van der Waals surface area contributed by atoms with Crippen LogP contribution < -0.4 is 5.32 Å². The Bertz CT molecular complexity index is 479. The zero-order valence-electron chi connectivity index (χ0n) is 11.4. The highest BCUT2D eigenvalue weighted by atomic mass is 35.5. The summed E-state index contributed by atoms with van der Waals surface area (Å²) in [5, 5.41) is 13.8. The molecule has 0 radical (unpaired) electrons. The normalized spacial score (nSPS) is 17.1. The zero-order chi connectivity index (χ0) is 14.5. The average molecular weight is 300 g/mol. The number of nitrogens with one attached hydrogen (secondary N) is 1. The fraction of sp³-hybridized carbons (Fsp3) is 0.667. The van der Waals surface area contributed by atoms with E-state index in [4.69, 9.17) is 11.6 Å². The number of anilines is 1. The predicted molar refractivity (Wildman–Crippen MR) is 77.0 cm³/mol. The molecule has 0 aliphatic carbocycles. The van der Waals surface area contributed by atoms with Gasteiger partial charge in [-0.25, -0.2) is 9.97 Å². The molecule has 2 rings (SSSR count). The topological polar surface area (TPSA) is 84.2 Å². The van der Waals surface area contributed by atoms with Crippen molar-refractivity contribution in [2.75, 3.05) is 31.5 Å². The van der Waals surface area contributed by atoms with Gasteiger partial charge < -0.3 is 10.2 Å². The lowest BCUT2D eigenvalue weighted by atomic mass is 10.1. The van der Waals surface area contributed by atoms with E-state index >= 15 is 0 Å². The van der Waals surface area contributed by atoms with E-state index in [0.29, 0.717) is 12.5 Å². The van der Waals surface area contributed by atoms with Gasteiger partial charge in [-0.05, 0) is 31.8 Å². The standard InChI is InChI=1S/C12H18ClN5O2/c1-9(7-17-4-2-3-5-17)6-14-12-10(18(19)20)11(13)15-8-16-12/h8-9H,2-7H2,1H3,(H,14,15,16). The third kappa shape index (κ3) is 3.77. The van der Waals surface area contributed by atoms with Gasteiger partial charge in [-0.2, -0.15) is 0 Å².